The van der Waals surface area contributed by atoms with Gasteiger partial charge < -0.3 is 5.73 Å². The lowest BCUT2D eigenvalue weighted by molar-refractivity contribution is -0.182. The van der Waals surface area contributed by atoms with Gasteiger partial charge in [0.1, 0.15) is 5.82 Å². The van der Waals surface area contributed by atoms with Crippen LogP contribution in [0.5, 0.6) is 0 Å². The van der Waals surface area contributed by atoms with E-state index in [2.05, 4.69) is 5.10 Å². The smallest absolute Gasteiger partial charge is 0.384 e. The second-order valence-corrected chi connectivity index (χ2v) is 5.55. The zero-order chi connectivity index (χ0) is 13.5. The fraction of sp³-hybridized carbons (Fsp3) is 0.700. The van der Waals surface area contributed by atoms with Gasteiger partial charge in [0.05, 0.1) is 28.9 Å². The number of nitrogen functional groups attached to an aromatic ring is 1. The van der Waals surface area contributed by atoms with Crippen molar-refractivity contribution in [2.24, 2.45) is 5.92 Å². The molecule has 3 nitrogen and oxygen atoms in total. The maximum atomic E-state index is 12.7. The number of nitrogens with two attached hydrogens (primary N) is 1. The molecule has 0 saturated heterocycles. The monoisotopic (exact) mass is 301 g/mol. The number of nitrogens with zero attached hydrogens (tertiary/aromatic N) is 2. The van der Waals surface area contributed by atoms with Gasteiger partial charge in [0, 0.05) is 0 Å². The summed E-state index contributed by atoms with van der Waals surface area (Å²) in [6.45, 7) is 0. The minimum atomic E-state index is -4.26. The predicted octanol–water partition coefficient (Wildman–Crippen LogP) is 3.19. The molecule has 2 atom stereocenters. The number of halogens is 5. The molecule has 0 spiro atoms. The SMILES string of the molecule is Nc1ccnn1C1C(Cl)CC(C(F)(F)F)CC1Cl. The van der Waals surface area contributed by atoms with E-state index in [1.165, 1.54) is 10.9 Å². The Morgan fingerprint density at radius 2 is 1.83 bits per heavy atom. The topological polar surface area (TPSA) is 43.8 Å². The van der Waals surface area contributed by atoms with Gasteiger partial charge in [0.25, 0.3) is 0 Å². The van der Waals surface area contributed by atoms with Crippen LogP contribution in [0.4, 0.5) is 19.0 Å². The van der Waals surface area contributed by atoms with Crippen molar-refractivity contribution < 1.29 is 13.2 Å². The molecule has 1 aromatic rings. The largest absolute Gasteiger partial charge is 0.391 e. The van der Waals surface area contributed by atoms with Gasteiger partial charge in [0.2, 0.25) is 0 Å². The Kier molecular flexibility index (Phi) is 3.69. The molecule has 1 aromatic heterocycles. The summed E-state index contributed by atoms with van der Waals surface area (Å²) in [5, 5.41) is 2.49. The Morgan fingerprint density at radius 1 is 1.28 bits per heavy atom. The molecule has 2 rings (SSSR count). The van der Waals surface area contributed by atoms with Crippen molar-refractivity contribution in [1.82, 2.24) is 9.78 Å². The molecule has 1 fully saturated rings. The standard InChI is InChI=1S/C10H12Cl2F3N3/c11-6-3-5(10(13,14)15)4-7(12)9(6)18-8(16)1-2-17-18/h1-2,5-7,9H,3-4,16H2. The third-order valence-corrected chi connectivity index (χ3v) is 4.08. The molecule has 0 aliphatic heterocycles. The third-order valence-electron chi connectivity index (χ3n) is 3.21. The Morgan fingerprint density at radius 3 is 2.22 bits per heavy atom. The Balaban J connectivity index is 2.20. The maximum absolute atomic E-state index is 12.7. The zero-order valence-electron chi connectivity index (χ0n) is 9.24. The summed E-state index contributed by atoms with van der Waals surface area (Å²) in [6, 6.07) is 1.05. The van der Waals surface area contributed by atoms with Gasteiger partial charge in [-0.25, -0.2) is 4.68 Å². The van der Waals surface area contributed by atoms with Crippen molar-refractivity contribution in [3.05, 3.63) is 12.3 Å². The van der Waals surface area contributed by atoms with Crippen LogP contribution >= 0.6 is 23.2 Å². The molecular weight excluding hydrogens is 290 g/mol. The van der Waals surface area contributed by atoms with Crippen LogP contribution in [0, 0.1) is 5.92 Å². The van der Waals surface area contributed by atoms with Crippen LogP contribution in [0.15, 0.2) is 12.3 Å². The van der Waals surface area contributed by atoms with Crippen LogP contribution in [0.25, 0.3) is 0 Å². The third kappa shape index (κ3) is 2.54. The van der Waals surface area contributed by atoms with Gasteiger partial charge in [-0.1, -0.05) is 0 Å². The molecule has 102 valence electrons. The second-order valence-electron chi connectivity index (χ2n) is 4.43. The molecule has 0 amide bonds. The second kappa shape index (κ2) is 4.81. The maximum Gasteiger partial charge on any atom is 0.391 e. The number of hydrogen-bond donors (Lipinski definition) is 1. The first-order valence-corrected chi connectivity index (χ1v) is 6.32. The molecule has 1 saturated carbocycles. The van der Waals surface area contributed by atoms with E-state index < -0.39 is 28.9 Å². The zero-order valence-corrected chi connectivity index (χ0v) is 10.8. The highest BCUT2D eigenvalue weighted by Crippen LogP contribution is 2.45. The Labute approximate surface area is 112 Å². The summed E-state index contributed by atoms with van der Waals surface area (Å²) in [5.41, 5.74) is 5.68. The Hall–Kier alpha value is -0.620. The minimum Gasteiger partial charge on any atom is -0.384 e. The number of anilines is 1. The van der Waals surface area contributed by atoms with Crippen LogP contribution in [-0.4, -0.2) is 26.7 Å². The molecule has 2 N–H and O–H groups in total. The lowest BCUT2D eigenvalue weighted by Crippen LogP contribution is -2.41. The number of aromatic nitrogens is 2. The molecular formula is C10H12Cl2F3N3. The number of hydrogen-bond acceptors (Lipinski definition) is 2. The van der Waals surface area contributed by atoms with Crippen molar-refractivity contribution in [2.75, 3.05) is 5.73 Å². The van der Waals surface area contributed by atoms with E-state index in [4.69, 9.17) is 28.9 Å². The lowest BCUT2D eigenvalue weighted by Gasteiger charge is -2.37. The predicted molar refractivity (Wildman–Crippen MR) is 63.7 cm³/mol. The first kappa shape index (κ1) is 13.8. The van der Waals surface area contributed by atoms with Gasteiger partial charge in [0.15, 0.2) is 0 Å². The number of rotatable bonds is 1. The Bertz CT molecular complexity index is 409. The summed E-state index contributed by atoms with van der Waals surface area (Å²) < 4.78 is 39.4. The number of alkyl halides is 5. The van der Waals surface area contributed by atoms with E-state index >= 15 is 0 Å². The summed E-state index contributed by atoms with van der Waals surface area (Å²) in [4.78, 5) is 0. The average Bonchev–Trinajstić information content (AvgIpc) is 2.62. The molecule has 8 heteroatoms. The molecule has 0 aromatic carbocycles. The van der Waals surface area contributed by atoms with Gasteiger partial charge >= 0.3 is 6.18 Å². The van der Waals surface area contributed by atoms with Crippen molar-refractivity contribution in [3.8, 4) is 0 Å². The first-order chi connectivity index (χ1) is 8.30. The molecule has 1 aliphatic carbocycles. The fourth-order valence-corrected chi connectivity index (χ4v) is 3.36. The van der Waals surface area contributed by atoms with E-state index in [1.807, 2.05) is 0 Å². The van der Waals surface area contributed by atoms with Crippen molar-refractivity contribution in [1.29, 1.82) is 0 Å². The summed E-state index contributed by atoms with van der Waals surface area (Å²) in [6.07, 6.45) is -3.13. The highest BCUT2D eigenvalue weighted by molar-refractivity contribution is 6.24. The lowest BCUT2D eigenvalue weighted by atomic mass is 9.85. The van der Waals surface area contributed by atoms with Crippen molar-refractivity contribution in [2.45, 2.75) is 35.8 Å². The highest BCUT2D eigenvalue weighted by Gasteiger charge is 2.48. The summed E-state index contributed by atoms with van der Waals surface area (Å²) in [5.74, 6) is -1.11. The molecule has 1 heterocycles. The van der Waals surface area contributed by atoms with E-state index in [0.29, 0.717) is 5.82 Å². The fourth-order valence-electron chi connectivity index (χ4n) is 2.29. The quantitative estimate of drug-likeness (QED) is 0.810. The molecule has 2 unspecified atom stereocenters. The van der Waals surface area contributed by atoms with Crippen molar-refractivity contribution in [3.63, 3.8) is 0 Å². The molecule has 18 heavy (non-hydrogen) atoms. The molecule has 0 bridgehead atoms. The van der Waals surface area contributed by atoms with Gasteiger partial charge in [-0.05, 0) is 18.9 Å². The van der Waals surface area contributed by atoms with Crippen LogP contribution in [0.1, 0.15) is 18.9 Å². The van der Waals surface area contributed by atoms with E-state index in [0.717, 1.165) is 0 Å². The van der Waals surface area contributed by atoms with E-state index in [1.54, 1.807) is 6.07 Å². The van der Waals surface area contributed by atoms with Crippen LogP contribution < -0.4 is 5.73 Å². The first-order valence-electron chi connectivity index (χ1n) is 5.44. The van der Waals surface area contributed by atoms with Crippen LogP contribution in [0.3, 0.4) is 0 Å². The summed E-state index contributed by atoms with van der Waals surface area (Å²) >= 11 is 12.1. The summed E-state index contributed by atoms with van der Waals surface area (Å²) in [7, 11) is 0. The van der Waals surface area contributed by atoms with Gasteiger partial charge in [-0.15, -0.1) is 23.2 Å². The normalized spacial score (nSPS) is 33.6. The van der Waals surface area contributed by atoms with Gasteiger partial charge in [-0.3, -0.25) is 0 Å². The highest BCUT2D eigenvalue weighted by atomic mass is 35.5. The average molecular weight is 302 g/mol. The van der Waals surface area contributed by atoms with Crippen LogP contribution in [0.2, 0.25) is 0 Å². The van der Waals surface area contributed by atoms with E-state index in [-0.39, 0.29) is 12.8 Å². The van der Waals surface area contributed by atoms with E-state index in [9.17, 15) is 13.2 Å². The van der Waals surface area contributed by atoms with Crippen LogP contribution in [-0.2, 0) is 0 Å². The van der Waals surface area contributed by atoms with Crippen molar-refractivity contribution >= 4 is 29.0 Å². The molecule has 0 radical (unpaired) electrons. The molecule has 1 aliphatic rings. The minimum absolute atomic E-state index is 0.168. The van der Waals surface area contributed by atoms with Gasteiger partial charge in [-0.2, -0.15) is 18.3 Å².